The molecule has 6 nitrogen and oxygen atoms in total. The van der Waals surface area contributed by atoms with Crippen molar-refractivity contribution in [1.29, 1.82) is 0 Å². The highest BCUT2D eigenvalue weighted by molar-refractivity contribution is 6.02. The number of aromatic hydroxyl groups is 1. The molecule has 1 amide bonds. The Morgan fingerprint density at radius 1 is 1.27 bits per heavy atom. The highest BCUT2D eigenvalue weighted by atomic mass is 16.3. The van der Waals surface area contributed by atoms with Crippen LogP contribution in [0.15, 0.2) is 29.1 Å². The van der Waals surface area contributed by atoms with E-state index in [1.54, 1.807) is 24.3 Å². The number of carbonyl (C=O) groups is 1. The molecule has 0 aliphatic heterocycles. The van der Waals surface area contributed by atoms with Crippen molar-refractivity contribution in [3.05, 3.63) is 40.2 Å². The van der Waals surface area contributed by atoms with Gasteiger partial charge in [0.15, 0.2) is 0 Å². The first-order valence-corrected chi connectivity index (χ1v) is 7.47. The lowest BCUT2D eigenvalue weighted by molar-refractivity contribution is 0.0949. The van der Waals surface area contributed by atoms with E-state index in [9.17, 15) is 14.7 Å². The third kappa shape index (κ3) is 2.96. The number of aryl methyl sites for hydroxylation is 1. The highest BCUT2D eigenvalue weighted by Gasteiger charge is 2.21. The zero-order valence-corrected chi connectivity index (χ0v) is 12.6. The molecule has 0 radical (unpaired) electrons. The smallest absolute Gasteiger partial charge is 0.274 e. The average molecular weight is 303 g/mol. The van der Waals surface area contributed by atoms with Gasteiger partial charge in [0.05, 0.1) is 5.52 Å². The lowest BCUT2D eigenvalue weighted by Gasteiger charge is -2.14. The molecule has 6 heteroatoms. The van der Waals surface area contributed by atoms with Gasteiger partial charge in [0.25, 0.3) is 11.5 Å². The summed E-state index contributed by atoms with van der Waals surface area (Å²) in [7, 11) is 0. The minimum atomic E-state index is -0.782. The number of fused-ring (bicyclic) bond motifs is 1. The summed E-state index contributed by atoms with van der Waals surface area (Å²) < 4.78 is 1.54. The van der Waals surface area contributed by atoms with E-state index in [0.717, 1.165) is 25.7 Å². The summed E-state index contributed by atoms with van der Waals surface area (Å²) in [4.78, 5) is 24.4. The number of hydrogen-bond acceptors (Lipinski definition) is 4. The van der Waals surface area contributed by atoms with Crippen LogP contribution in [-0.2, 0) is 6.54 Å². The molecular weight excluding hydrogens is 282 g/mol. The molecule has 0 atom stereocenters. The van der Waals surface area contributed by atoms with Crippen LogP contribution in [0.1, 0.15) is 43.0 Å². The zero-order chi connectivity index (χ0) is 16.1. The molecule has 0 aliphatic rings. The predicted molar refractivity (Wildman–Crippen MR) is 85.7 cm³/mol. The first-order valence-electron chi connectivity index (χ1n) is 7.47. The number of hydrogen-bond donors (Lipinski definition) is 3. The molecule has 118 valence electrons. The van der Waals surface area contributed by atoms with Crippen LogP contribution in [0.5, 0.6) is 5.75 Å². The summed E-state index contributed by atoms with van der Waals surface area (Å²) in [5.74, 6) is 4.01. The molecule has 4 N–H and O–H groups in total. The second-order valence-corrected chi connectivity index (χ2v) is 5.23. The second kappa shape index (κ2) is 7.09. The number of nitrogen functional groups attached to an aromatic ring is 1. The van der Waals surface area contributed by atoms with Crippen molar-refractivity contribution in [2.24, 2.45) is 5.84 Å². The van der Waals surface area contributed by atoms with Crippen LogP contribution in [0.2, 0.25) is 0 Å². The fourth-order valence-electron chi connectivity index (χ4n) is 2.59. The number of pyridine rings is 1. The van der Waals surface area contributed by atoms with Gasteiger partial charge < -0.3 is 9.67 Å². The number of benzene rings is 1. The lowest BCUT2D eigenvalue weighted by Crippen LogP contribution is -2.37. The van der Waals surface area contributed by atoms with Gasteiger partial charge in [0.1, 0.15) is 11.3 Å². The Balaban J connectivity index is 2.57. The number of carbonyl (C=O) groups excluding carboxylic acids is 1. The Morgan fingerprint density at radius 3 is 2.68 bits per heavy atom. The monoisotopic (exact) mass is 303 g/mol. The minimum absolute atomic E-state index is 0.309. The normalized spacial score (nSPS) is 10.8. The number of amides is 1. The molecule has 1 aromatic carbocycles. The largest absolute Gasteiger partial charge is 0.506 e. The van der Waals surface area contributed by atoms with Crippen molar-refractivity contribution in [2.75, 3.05) is 0 Å². The topological polar surface area (TPSA) is 97.4 Å². The van der Waals surface area contributed by atoms with Gasteiger partial charge in [0.2, 0.25) is 0 Å². The molecule has 1 aromatic heterocycles. The van der Waals surface area contributed by atoms with Crippen LogP contribution in [0, 0.1) is 0 Å². The Labute approximate surface area is 128 Å². The summed E-state index contributed by atoms with van der Waals surface area (Å²) in [6.07, 6.45) is 4.05. The Hall–Kier alpha value is -2.34. The predicted octanol–water partition coefficient (Wildman–Crippen LogP) is 1.89. The molecule has 22 heavy (non-hydrogen) atoms. The van der Waals surface area contributed by atoms with E-state index in [1.807, 2.05) is 5.43 Å². The first-order chi connectivity index (χ1) is 10.6. The van der Waals surface area contributed by atoms with Crippen molar-refractivity contribution < 1.29 is 9.90 Å². The van der Waals surface area contributed by atoms with Gasteiger partial charge in [0, 0.05) is 11.9 Å². The molecule has 1 heterocycles. The highest BCUT2D eigenvalue weighted by Crippen LogP contribution is 2.26. The molecule has 0 saturated carbocycles. The Kier molecular flexibility index (Phi) is 5.16. The van der Waals surface area contributed by atoms with E-state index in [4.69, 9.17) is 5.84 Å². The van der Waals surface area contributed by atoms with Gasteiger partial charge in [-0.3, -0.25) is 15.0 Å². The number of nitrogens with zero attached hydrogens (tertiary/aromatic N) is 1. The summed E-state index contributed by atoms with van der Waals surface area (Å²) >= 11 is 0. The molecule has 0 bridgehead atoms. The van der Waals surface area contributed by atoms with Crippen LogP contribution in [0.25, 0.3) is 10.9 Å². The lowest BCUT2D eigenvalue weighted by atomic mass is 10.1. The zero-order valence-electron chi connectivity index (χ0n) is 12.6. The van der Waals surface area contributed by atoms with Crippen molar-refractivity contribution in [1.82, 2.24) is 9.99 Å². The van der Waals surface area contributed by atoms with Crippen molar-refractivity contribution in [2.45, 2.75) is 39.2 Å². The quantitative estimate of drug-likeness (QED) is 0.328. The maximum absolute atomic E-state index is 12.6. The number of nitrogens with two attached hydrogens (primary N) is 1. The van der Waals surface area contributed by atoms with Gasteiger partial charge in [-0.25, -0.2) is 5.84 Å². The Morgan fingerprint density at radius 2 is 2.00 bits per heavy atom. The van der Waals surface area contributed by atoms with Gasteiger partial charge in [-0.2, -0.15) is 0 Å². The minimum Gasteiger partial charge on any atom is -0.506 e. The third-order valence-corrected chi connectivity index (χ3v) is 3.74. The van der Waals surface area contributed by atoms with E-state index < -0.39 is 11.5 Å². The van der Waals surface area contributed by atoms with Crippen LogP contribution in [0.4, 0.5) is 0 Å². The van der Waals surface area contributed by atoms with Crippen LogP contribution in [-0.4, -0.2) is 15.6 Å². The third-order valence-electron chi connectivity index (χ3n) is 3.74. The van der Waals surface area contributed by atoms with Crippen LogP contribution >= 0.6 is 0 Å². The fraction of sp³-hybridized carbons (Fsp3) is 0.375. The SMILES string of the molecule is CCCCCCn1c(=O)c(C(=O)NN)c(O)c2ccccc21. The number of rotatable bonds is 6. The standard InChI is InChI=1S/C16H21N3O3/c1-2-3-4-7-10-19-12-9-6-5-8-11(12)14(20)13(16(19)22)15(21)18-17/h5-6,8-9,20H,2-4,7,10,17H2,1H3,(H,18,21). The summed E-state index contributed by atoms with van der Waals surface area (Å²) in [5, 5.41) is 10.7. The van der Waals surface area contributed by atoms with Crippen LogP contribution < -0.4 is 16.8 Å². The van der Waals surface area contributed by atoms with Crippen LogP contribution in [0.3, 0.4) is 0 Å². The average Bonchev–Trinajstić information content (AvgIpc) is 2.54. The molecule has 0 saturated heterocycles. The Bertz CT molecular complexity index is 737. The van der Waals surface area contributed by atoms with E-state index in [2.05, 4.69) is 6.92 Å². The molecule has 2 rings (SSSR count). The summed E-state index contributed by atoms with van der Waals surface area (Å²) in [6.45, 7) is 2.62. The molecule has 0 spiro atoms. The summed E-state index contributed by atoms with van der Waals surface area (Å²) in [5.41, 5.74) is 1.71. The molecule has 0 fully saturated rings. The number of hydrazine groups is 1. The van der Waals surface area contributed by atoms with E-state index in [1.165, 1.54) is 4.57 Å². The molecule has 0 aliphatic carbocycles. The molecule has 0 unspecified atom stereocenters. The van der Waals surface area contributed by atoms with Gasteiger partial charge in [-0.15, -0.1) is 0 Å². The van der Waals surface area contributed by atoms with Gasteiger partial charge >= 0.3 is 0 Å². The van der Waals surface area contributed by atoms with Crippen molar-refractivity contribution >= 4 is 16.8 Å². The molecular formula is C16H21N3O3. The second-order valence-electron chi connectivity index (χ2n) is 5.23. The van der Waals surface area contributed by atoms with E-state index in [-0.39, 0.29) is 11.3 Å². The number of nitrogens with one attached hydrogen (secondary N) is 1. The van der Waals surface area contributed by atoms with Crippen molar-refractivity contribution in [3.8, 4) is 5.75 Å². The molecule has 2 aromatic rings. The fourth-order valence-corrected chi connectivity index (χ4v) is 2.59. The maximum Gasteiger partial charge on any atom is 0.274 e. The summed E-state index contributed by atoms with van der Waals surface area (Å²) in [6, 6.07) is 6.99. The van der Waals surface area contributed by atoms with E-state index >= 15 is 0 Å². The maximum atomic E-state index is 12.6. The first kappa shape index (κ1) is 16.0. The van der Waals surface area contributed by atoms with Gasteiger partial charge in [-0.1, -0.05) is 38.3 Å². The van der Waals surface area contributed by atoms with Gasteiger partial charge in [-0.05, 0) is 18.6 Å². The number of unbranched alkanes of at least 4 members (excludes halogenated alkanes) is 3. The number of aromatic nitrogens is 1. The number of para-hydroxylation sites is 1. The van der Waals surface area contributed by atoms with Crippen molar-refractivity contribution in [3.63, 3.8) is 0 Å². The van der Waals surface area contributed by atoms with E-state index in [0.29, 0.717) is 17.4 Å².